The highest BCUT2D eigenvalue weighted by molar-refractivity contribution is 6.26. The third-order valence-corrected chi connectivity index (χ3v) is 0.405. The van der Waals surface area contributed by atoms with Crippen LogP contribution in [0.1, 0.15) is 0 Å². The molecule has 0 saturated carbocycles. The summed E-state index contributed by atoms with van der Waals surface area (Å²) in [5, 5.41) is 0. The van der Waals surface area contributed by atoms with Crippen molar-refractivity contribution in [2.24, 2.45) is 5.90 Å². The molecule has 0 spiro atoms. The molecular formula is C2H8BNO2. The lowest BCUT2D eigenvalue weighted by molar-refractivity contribution is 0.173. The molecule has 0 aliphatic rings. The van der Waals surface area contributed by atoms with Gasteiger partial charge in [-0.1, -0.05) is 0 Å². The van der Waals surface area contributed by atoms with Gasteiger partial charge in [-0.15, -0.1) is 0 Å². The van der Waals surface area contributed by atoms with Gasteiger partial charge in [-0.25, -0.2) is 5.90 Å². The van der Waals surface area contributed by atoms with Crippen LogP contribution in [-0.4, -0.2) is 21.1 Å². The Bertz CT molecular complexity index is 23.5. The van der Waals surface area contributed by atoms with E-state index in [0.29, 0.717) is 14.0 Å². The zero-order chi connectivity index (χ0) is 4.83. The van der Waals surface area contributed by atoms with Crippen molar-refractivity contribution in [1.29, 1.82) is 0 Å². The molecule has 0 heterocycles. The van der Waals surface area contributed by atoms with Gasteiger partial charge in [-0.05, 0) is 0 Å². The molecule has 3 nitrogen and oxygen atoms in total. The monoisotopic (exact) mass is 89.1 g/mol. The molecule has 0 aromatic heterocycles. The molecule has 0 rings (SSSR count). The van der Waals surface area contributed by atoms with Crippen molar-refractivity contribution in [2.45, 2.75) is 0 Å². The number of nitrogens with two attached hydrogens (primary N) is 1. The first-order chi connectivity index (χ1) is 2.91. The third-order valence-electron chi connectivity index (χ3n) is 0.405. The highest BCUT2D eigenvalue weighted by Gasteiger charge is 1.80. The fourth-order valence-corrected chi connectivity index (χ4v) is 0.131. The van der Waals surface area contributed by atoms with E-state index in [1.165, 1.54) is 0 Å². The van der Waals surface area contributed by atoms with Crippen LogP contribution in [0.5, 0.6) is 0 Å². The van der Waals surface area contributed by atoms with Crippen LogP contribution in [0.4, 0.5) is 0 Å². The van der Waals surface area contributed by atoms with Crippen molar-refractivity contribution in [3.63, 3.8) is 0 Å². The van der Waals surface area contributed by atoms with Crippen LogP contribution in [0, 0.1) is 0 Å². The van der Waals surface area contributed by atoms with Crippen LogP contribution in [0.3, 0.4) is 0 Å². The minimum atomic E-state index is 0.469. The minimum Gasteiger partial charge on any atom is -0.439 e. The summed E-state index contributed by atoms with van der Waals surface area (Å²) in [6, 6.07) is 0. The predicted molar refractivity (Wildman–Crippen MR) is 24.3 cm³/mol. The van der Waals surface area contributed by atoms with Crippen LogP contribution in [0.15, 0.2) is 0 Å². The Hall–Kier alpha value is -0.0551. The first kappa shape index (κ1) is 5.94. The second-order valence-electron chi connectivity index (χ2n) is 0.864. The molecule has 0 aromatic rings. The molecule has 0 aromatic carbocycles. The topological polar surface area (TPSA) is 44.5 Å². The Morgan fingerprint density at radius 2 is 2.50 bits per heavy atom. The second-order valence-corrected chi connectivity index (χ2v) is 0.864. The number of rotatable bonds is 3. The van der Waals surface area contributed by atoms with Gasteiger partial charge in [0.15, 0.2) is 0 Å². The van der Waals surface area contributed by atoms with E-state index < -0.39 is 0 Å². The Labute approximate surface area is 37.6 Å². The van der Waals surface area contributed by atoms with E-state index in [9.17, 15) is 0 Å². The summed E-state index contributed by atoms with van der Waals surface area (Å²) in [4.78, 5) is 4.16. The van der Waals surface area contributed by atoms with Crippen molar-refractivity contribution in [3.8, 4) is 0 Å². The second kappa shape index (κ2) is 4.94. The lowest BCUT2D eigenvalue weighted by Gasteiger charge is -1.88. The maximum absolute atomic E-state index is 4.63. The maximum Gasteiger partial charge on any atom is 0.302 e. The first-order valence-corrected chi connectivity index (χ1v) is 1.72. The molecule has 0 radical (unpaired) electrons. The summed E-state index contributed by atoms with van der Waals surface area (Å²) in [5.41, 5.74) is 0. The highest BCUT2D eigenvalue weighted by atomic mass is 16.6. The molecule has 0 atom stereocenters. The molecule has 0 bridgehead atoms. The number of hydrogen-bond donors (Lipinski definition) is 1. The SMILES string of the molecule is COBCON. The molecule has 0 saturated heterocycles. The molecule has 0 aliphatic heterocycles. The Morgan fingerprint density at radius 3 is 2.67 bits per heavy atom. The summed E-state index contributed by atoms with van der Waals surface area (Å²) >= 11 is 0. The zero-order valence-corrected chi connectivity index (χ0v) is 3.81. The summed E-state index contributed by atoms with van der Waals surface area (Å²) in [6.07, 6.45) is 0. The van der Waals surface area contributed by atoms with E-state index in [4.69, 9.17) is 0 Å². The summed E-state index contributed by atoms with van der Waals surface area (Å²) in [7, 11) is 2.16. The van der Waals surface area contributed by atoms with Crippen LogP contribution < -0.4 is 5.90 Å². The van der Waals surface area contributed by atoms with Gasteiger partial charge >= 0.3 is 7.48 Å². The molecule has 0 fully saturated rings. The lowest BCUT2D eigenvalue weighted by Crippen LogP contribution is -2.09. The maximum atomic E-state index is 4.63. The number of hydrogen-bond acceptors (Lipinski definition) is 3. The van der Waals surface area contributed by atoms with Gasteiger partial charge in [0, 0.05) is 7.11 Å². The molecule has 6 heavy (non-hydrogen) atoms. The van der Waals surface area contributed by atoms with Crippen molar-refractivity contribution in [3.05, 3.63) is 0 Å². The van der Waals surface area contributed by atoms with E-state index in [1.807, 2.05) is 0 Å². The first-order valence-electron chi connectivity index (χ1n) is 1.72. The average molecular weight is 88.9 g/mol. The largest absolute Gasteiger partial charge is 0.439 e. The average Bonchev–Trinajstić information content (AvgIpc) is 1.61. The summed E-state index contributed by atoms with van der Waals surface area (Å²) < 4.78 is 4.58. The quantitative estimate of drug-likeness (QED) is 0.269. The standard InChI is InChI=1S/C2H8BNO2/c1-5-3-2-6-4/h3H,2,4H2,1H3. The highest BCUT2D eigenvalue weighted by Crippen LogP contribution is 1.57. The van der Waals surface area contributed by atoms with E-state index in [0.717, 1.165) is 0 Å². The Kier molecular flexibility index (Phi) is 4.90. The van der Waals surface area contributed by atoms with Crippen molar-refractivity contribution in [1.82, 2.24) is 0 Å². The van der Waals surface area contributed by atoms with Gasteiger partial charge in [0.05, 0.1) is 6.51 Å². The van der Waals surface area contributed by atoms with E-state index >= 15 is 0 Å². The van der Waals surface area contributed by atoms with Gasteiger partial charge in [0.1, 0.15) is 0 Å². The molecule has 0 amide bonds. The van der Waals surface area contributed by atoms with Gasteiger partial charge < -0.3 is 9.49 Å². The van der Waals surface area contributed by atoms with Crippen molar-refractivity contribution >= 4 is 7.48 Å². The summed E-state index contributed by atoms with van der Waals surface area (Å²) in [6.45, 7) is 0.469. The van der Waals surface area contributed by atoms with Gasteiger partial charge in [0.25, 0.3) is 0 Å². The van der Waals surface area contributed by atoms with E-state index in [-0.39, 0.29) is 0 Å². The van der Waals surface area contributed by atoms with Gasteiger partial charge in [-0.3, -0.25) is 0 Å². The van der Waals surface area contributed by atoms with Gasteiger partial charge in [0.2, 0.25) is 0 Å². The summed E-state index contributed by atoms with van der Waals surface area (Å²) in [5.74, 6) is 4.63. The molecule has 0 unspecified atom stereocenters. The Balaban J connectivity index is 2.34. The normalized spacial score (nSPS) is 8.33. The molecule has 0 aliphatic carbocycles. The van der Waals surface area contributed by atoms with Crippen LogP contribution in [-0.2, 0) is 9.49 Å². The minimum absolute atomic E-state index is 0.469. The molecule has 2 N–H and O–H groups in total. The smallest absolute Gasteiger partial charge is 0.302 e. The fraction of sp³-hybridized carbons (Fsp3) is 1.00. The van der Waals surface area contributed by atoms with Crippen molar-refractivity contribution < 1.29 is 9.49 Å². The van der Waals surface area contributed by atoms with Gasteiger partial charge in [-0.2, -0.15) is 0 Å². The van der Waals surface area contributed by atoms with Crippen LogP contribution in [0.2, 0.25) is 0 Å². The van der Waals surface area contributed by atoms with Crippen molar-refractivity contribution in [2.75, 3.05) is 13.6 Å². The van der Waals surface area contributed by atoms with Crippen LogP contribution in [0.25, 0.3) is 0 Å². The lowest BCUT2D eigenvalue weighted by atomic mass is 10.1. The predicted octanol–water partition coefficient (Wildman–Crippen LogP) is -1.17. The van der Waals surface area contributed by atoms with E-state index in [1.54, 1.807) is 7.11 Å². The third kappa shape index (κ3) is 3.94. The fourth-order valence-electron chi connectivity index (χ4n) is 0.131. The molecular weight excluding hydrogens is 80.8 g/mol. The molecule has 36 valence electrons. The zero-order valence-electron chi connectivity index (χ0n) is 3.81. The van der Waals surface area contributed by atoms with Crippen LogP contribution >= 0.6 is 0 Å². The van der Waals surface area contributed by atoms with E-state index in [2.05, 4.69) is 15.4 Å². The Morgan fingerprint density at radius 1 is 1.83 bits per heavy atom. The molecule has 4 heteroatoms.